The van der Waals surface area contributed by atoms with Gasteiger partial charge in [-0.15, -0.1) is 13.2 Å². The van der Waals surface area contributed by atoms with Crippen LogP contribution in [0, 0.1) is 11.7 Å². The van der Waals surface area contributed by atoms with Gasteiger partial charge in [-0.3, -0.25) is 4.79 Å². The minimum atomic E-state index is -4.93. The fraction of sp³-hybridized carbons (Fsp3) is 0.273. The lowest BCUT2D eigenvalue weighted by Gasteiger charge is -2.18. The summed E-state index contributed by atoms with van der Waals surface area (Å²) < 4.78 is 84.1. The lowest BCUT2D eigenvalue weighted by Crippen LogP contribution is -2.30. The summed E-state index contributed by atoms with van der Waals surface area (Å²) in [5.41, 5.74) is 0.470. The average molecular weight is 497 g/mol. The molecule has 34 heavy (non-hydrogen) atoms. The van der Waals surface area contributed by atoms with Crippen LogP contribution in [0.4, 0.5) is 17.6 Å². The van der Waals surface area contributed by atoms with Crippen molar-refractivity contribution in [2.45, 2.75) is 17.3 Å². The maximum absolute atomic E-state index is 13.5. The number of rotatable bonds is 6. The molecular weight excluding hydrogens is 478 g/mol. The molecule has 0 bridgehead atoms. The Hall–Kier alpha value is -3.25. The van der Waals surface area contributed by atoms with Gasteiger partial charge in [0.05, 0.1) is 6.33 Å². The Labute approximate surface area is 192 Å². The Kier molecular flexibility index (Phi) is 6.21. The molecule has 2 heterocycles. The van der Waals surface area contributed by atoms with E-state index in [1.807, 2.05) is 0 Å². The number of aryl methyl sites for hydroxylation is 1. The van der Waals surface area contributed by atoms with Crippen LogP contribution < -0.4 is 4.74 Å². The molecule has 7 nitrogen and oxygen atoms in total. The minimum absolute atomic E-state index is 0.0593. The molecule has 180 valence electrons. The van der Waals surface area contributed by atoms with E-state index in [0.29, 0.717) is 5.56 Å². The molecule has 0 unspecified atom stereocenters. The van der Waals surface area contributed by atoms with E-state index in [1.54, 1.807) is 7.05 Å². The number of sulfonamides is 1. The second kappa shape index (κ2) is 8.84. The summed E-state index contributed by atoms with van der Waals surface area (Å²) in [6, 6.07) is 9.93. The molecule has 1 aromatic heterocycles. The Morgan fingerprint density at radius 1 is 1.12 bits per heavy atom. The first kappa shape index (κ1) is 23.9. The van der Waals surface area contributed by atoms with E-state index in [9.17, 15) is 30.8 Å². The van der Waals surface area contributed by atoms with Crippen molar-refractivity contribution in [3.05, 3.63) is 78.0 Å². The molecule has 0 saturated carbocycles. The number of carbonyl (C=O) groups is 1. The molecule has 1 fully saturated rings. The van der Waals surface area contributed by atoms with Crippen LogP contribution in [0.3, 0.4) is 0 Å². The lowest BCUT2D eigenvalue weighted by molar-refractivity contribution is -0.274. The van der Waals surface area contributed by atoms with Gasteiger partial charge in [0.25, 0.3) is 10.0 Å². The fourth-order valence-electron chi connectivity index (χ4n) is 3.99. The van der Waals surface area contributed by atoms with Crippen molar-refractivity contribution in [2.24, 2.45) is 13.0 Å². The molecular formula is C22H19F4N3O4S. The lowest BCUT2D eigenvalue weighted by atomic mass is 9.84. The predicted octanol–water partition coefficient (Wildman–Crippen LogP) is 3.75. The third-order valence-corrected chi connectivity index (χ3v) is 7.28. The van der Waals surface area contributed by atoms with Crippen molar-refractivity contribution in [1.29, 1.82) is 0 Å². The molecule has 2 atom stereocenters. The number of hydrogen-bond donors (Lipinski definition) is 0. The molecule has 0 radical (unpaired) electrons. The average Bonchev–Trinajstić information content (AvgIpc) is 3.40. The zero-order chi connectivity index (χ0) is 24.7. The van der Waals surface area contributed by atoms with Crippen LogP contribution in [0.25, 0.3) is 0 Å². The van der Waals surface area contributed by atoms with E-state index < -0.39 is 45.6 Å². The van der Waals surface area contributed by atoms with E-state index in [4.69, 9.17) is 0 Å². The summed E-state index contributed by atoms with van der Waals surface area (Å²) in [5.74, 6) is -3.20. The van der Waals surface area contributed by atoms with Gasteiger partial charge in [-0.2, -0.15) is 4.31 Å². The van der Waals surface area contributed by atoms with E-state index in [-0.39, 0.29) is 23.7 Å². The highest BCUT2D eigenvalue weighted by atomic mass is 32.2. The Bertz CT molecular complexity index is 1310. The number of ether oxygens (including phenoxy) is 1. The first-order chi connectivity index (χ1) is 15.9. The number of halogens is 4. The van der Waals surface area contributed by atoms with Gasteiger partial charge in [0, 0.05) is 43.7 Å². The maximum atomic E-state index is 13.5. The third kappa shape index (κ3) is 4.97. The van der Waals surface area contributed by atoms with Crippen LogP contribution in [0.2, 0.25) is 0 Å². The van der Waals surface area contributed by atoms with Crippen LogP contribution in [-0.4, -0.2) is 47.5 Å². The summed E-state index contributed by atoms with van der Waals surface area (Å²) in [6.45, 7) is -0.302. The van der Waals surface area contributed by atoms with Crippen molar-refractivity contribution in [1.82, 2.24) is 13.9 Å². The zero-order valence-electron chi connectivity index (χ0n) is 17.7. The number of carbonyl (C=O) groups excluding carboxylic acids is 1. The number of Topliss-reactive ketones (excluding diaryl/α,β-unsaturated/α-hetero) is 1. The van der Waals surface area contributed by atoms with Crippen LogP contribution in [0.5, 0.6) is 5.75 Å². The Morgan fingerprint density at radius 2 is 1.82 bits per heavy atom. The second-order valence-corrected chi connectivity index (χ2v) is 9.79. The van der Waals surface area contributed by atoms with Gasteiger partial charge in [-0.05, 0) is 29.8 Å². The first-order valence-corrected chi connectivity index (χ1v) is 11.5. The number of ketones is 1. The monoisotopic (exact) mass is 497 g/mol. The summed E-state index contributed by atoms with van der Waals surface area (Å²) in [6.07, 6.45) is -2.27. The van der Waals surface area contributed by atoms with Gasteiger partial charge < -0.3 is 9.30 Å². The van der Waals surface area contributed by atoms with Gasteiger partial charge in [-0.25, -0.2) is 17.8 Å². The summed E-state index contributed by atoms with van der Waals surface area (Å²) >= 11 is 0. The van der Waals surface area contributed by atoms with Crippen molar-refractivity contribution in [2.75, 3.05) is 13.1 Å². The number of benzene rings is 2. The Morgan fingerprint density at radius 3 is 2.44 bits per heavy atom. The highest BCUT2D eigenvalue weighted by Gasteiger charge is 2.44. The topological polar surface area (TPSA) is 81.5 Å². The fourth-order valence-corrected chi connectivity index (χ4v) is 5.45. The number of imidazole rings is 1. The molecule has 1 aliphatic rings. The first-order valence-electron chi connectivity index (χ1n) is 10.1. The third-order valence-electron chi connectivity index (χ3n) is 5.56. The quantitative estimate of drug-likeness (QED) is 0.383. The van der Waals surface area contributed by atoms with Crippen molar-refractivity contribution in [3.63, 3.8) is 0 Å². The second-order valence-electron chi connectivity index (χ2n) is 7.90. The standard InChI is InChI=1S/C22H19F4N3O4S/c1-28-12-20(27-13-28)34(31,32)29-10-18(14-5-7-16(23)8-6-14)19(11-29)21(30)15-3-2-4-17(9-15)33-22(24,25)26/h2-9,12-13,18-19H,10-11H2,1H3/t18-,19+/m1/s1. The molecule has 0 amide bonds. The smallest absolute Gasteiger partial charge is 0.406 e. The van der Waals surface area contributed by atoms with Crippen molar-refractivity contribution < 1.29 is 35.5 Å². The molecule has 0 aliphatic carbocycles. The van der Waals surface area contributed by atoms with Gasteiger partial charge in [0.15, 0.2) is 10.8 Å². The molecule has 2 aromatic carbocycles. The number of hydrogen-bond acceptors (Lipinski definition) is 5. The van der Waals surface area contributed by atoms with Crippen LogP contribution >= 0.6 is 0 Å². The molecule has 4 rings (SSSR count). The molecule has 0 N–H and O–H groups in total. The molecule has 0 spiro atoms. The van der Waals surface area contributed by atoms with Crippen LogP contribution in [-0.2, 0) is 17.1 Å². The van der Waals surface area contributed by atoms with Gasteiger partial charge in [-0.1, -0.05) is 24.3 Å². The molecule has 1 aliphatic heterocycles. The minimum Gasteiger partial charge on any atom is -0.406 e. The van der Waals surface area contributed by atoms with Gasteiger partial charge in [0.2, 0.25) is 0 Å². The molecule has 3 aromatic rings. The maximum Gasteiger partial charge on any atom is 0.573 e. The zero-order valence-corrected chi connectivity index (χ0v) is 18.6. The number of nitrogens with zero attached hydrogens (tertiary/aromatic N) is 3. The van der Waals surface area contributed by atoms with E-state index in [2.05, 4.69) is 9.72 Å². The van der Waals surface area contributed by atoms with Crippen molar-refractivity contribution in [3.8, 4) is 5.75 Å². The van der Waals surface area contributed by atoms with Gasteiger partial charge >= 0.3 is 6.36 Å². The summed E-state index contributed by atoms with van der Waals surface area (Å²) in [4.78, 5) is 17.3. The van der Waals surface area contributed by atoms with Gasteiger partial charge in [0.1, 0.15) is 11.6 Å². The molecule has 1 saturated heterocycles. The highest BCUT2D eigenvalue weighted by Crippen LogP contribution is 2.38. The predicted molar refractivity (Wildman–Crippen MR) is 112 cm³/mol. The molecule has 12 heteroatoms. The van der Waals surface area contributed by atoms with Crippen molar-refractivity contribution >= 4 is 15.8 Å². The largest absolute Gasteiger partial charge is 0.573 e. The summed E-state index contributed by atoms with van der Waals surface area (Å²) in [7, 11) is -2.44. The van der Waals surface area contributed by atoms with E-state index in [1.165, 1.54) is 53.5 Å². The van der Waals surface area contributed by atoms with Crippen LogP contribution in [0.1, 0.15) is 21.8 Å². The normalized spacial score (nSPS) is 19.3. The highest BCUT2D eigenvalue weighted by molar-refractivity contribution is 7.89. The number of alkyl halides is 3. The number of aromatic nitrogens is 2. The van der Waals surface area contributed by atoms with E-state index >= 15 is 0 Å². The SMILES string of the molecule is Cn1cnc(S(=O)(=O)N2C[C@H](C(=O)c3cccc(OC(F)(F)F)c3)[C@@H](c3ccc(F)cc3)C2)c1. The summed E-state index contributed by atoms with van der Waals surface area (Å²) in [5, 5.41) is -0.193. The Balaban J connectivity index is 1.69. The van der Waals surface area contributed by atoms with E-state index in [0.717, 1.165) is 16.4 Å². The van der Waals surface area contributed by atoms with Crippen LogP contribution in [0.15, 0.2) is 66.1 Å².